The van der Waals surface area contributed by atoms with Crippen molar-refractivity contribution in [1.82, 2.24) is 19.9 Å². The molecule has 1 unspecified atom stereocenters. The molecule has 0 radical (unpaired) electrons. The molecule has 1 saturated heterocycles. The minimum Gasteiger partial charge on any atom is -0.481 e. The third-order valence-electron chi connectivity index (χ3n) is 4.05. The minimum atomic E-state index is -0.787. The van der Waals surface area contributed by atoms with Crippen LogP contribution in [-0.4, -0.2) is 49.9 Å². The van der Waals surface area contributed by atoms with E-state index in [0.29, 0.717) is 36.0 Å². The number of aromatic nitrogens is 3. The third-order valence-corrected chi connectivity index (χ3v) is 4.89. The van der Waals surface area contributed by atoms with Crippen molar-refractivity contribution >= 4 is 23.2 Å². The molecule has 1 amide bonds. The lowest BCUT2D eigenvalue weighted by atomic mass is 9.93. The van der Waals surface area contributed by atoms with Gasteiger partial charge in [-0.2, -0.15) is 0 Å². The molecule has 0 aromatic carbocycles. The van der Waals surface area contributed by atoms with E-state index in [4.69, 9.17) is 5.11 Å². The summed E-state index contributed by atoms with van der Waals surface area (Å²) in [6, 6.07) is 1.73. The Kier molecular flexibility index (Phi) is 5.14. The van der Waals surface area contributed by atoms with E-state index < -0.39 is 5.97 Å². The molecule has 0 saturated carbocycles. The second kappa shape index (κ2) is 7.48. The van der Waals surface area contributed by atoms with Gasteiger partial charge < -0.3 is 10.0 Å². The zero-order valence-electron chi connectivity index (χ0n) is 13.1. The van der Waals surface area contributed by atoms with Crippen LogP contribution < -0.4 is 0 Å². The van der Waals surface area contributed by atoms with Gasteiger partial charge >= 0.3 is 5.97 Å². The van der Waals surface area contributed by atoms with Crippen LogP contribution in [0.4, 0.5) is 0 Å². The van der Waals surface area contributed by atoms with Crippen molar-refractivity contribution in [1.29, 1.82) is 0 Å². The highest BCUT2D eigenvalue weighted by molar-refractivity contribution is 7.13. The Hall–Kier alpha value is -2.35. The number of hydrogen-bond donors (Lipinski definition) is 1. The lowest BCUT2D eigenvalue weighted by Gasteiger charge is -2.32. The molecule has 2 aromatic rings. The summed E-state index contributed by atoms with van der Waals surface area (Å²) in [5, 5.41) is 11.2. The number of carboxylic acid groups (broad SMARTS) is 1. The van der Waals surface area contributed by atoms with Crippen molar-refractivity contribution in [2.75, 3.05) is 13.1 Å². The molecular formula is C16H18N4O3S. The molecule has 0 spiro atoms. The fourth-order valence-electron chi connectivity index (χ4n) is 2.86. The van der Waals surface area contributed by atoms with Gasteiger partial charge in [-0.05, 0) is 31.2 Å². The molecule has 1 fully saturated rings. The maximum atomic E-state index is 12.6. The van der Waals surface area contributed by atoms with Crippen molar-refractivity contribution in [3.05, 3.63) is 29.5 Å². The first kappa shape index (κ1) is 16.5. The van der Waals surface area contributed by atoms with Gasteiger partial charge in [0, 0.05) is 37.3 Å². The zero-order valence-corrected chi connectivity index (χ0v) is 13.9. The monoisotopic (exact) mass is 346 g/mol. The summed E-state index contributed by atoms with van der Waals surface area (Å²) in [7, 11) is 0. The Labute approximate surface area is 143 Å². The standard InChI is InChI=1S/C16H18N4O3S/c21-13(22)5-4-11-3-1-8-20(9-11)16(23)12-10-24-15(19-12)14-17-6-2-7-18-14/h2,6-7,10-11H,1,3-5,8-9H2,(H,21,22). The molecule has 1 aliphatic rings. The van der Waals surface area contributed by atoms with Gasteiger partial charge in [-0.25, -0.2) is 15.0 Å². The number of likely N-dealkylation sites (tertiary alicyclic amines) is 1. The number of carboxylic acids is 1. The first-order chi connectivity index (χ1) is 11.6. The highest BCUT2D eigenvalue weighted by atomic mass is 32.1. The molecule has 1 aliphatic heterocycles. The fourth-order valence-corrected chi connectivity index (χ4v) is 3.60. The molecule has 3 rings (SSSR count). The normalized spacial score (nSPS) is 17.7. The van der Waals surface area contributed by atoms with Crippen LogP contribution in [0.15, 0.2) is 23.8 Å². The maximum absolute atomic E-state index is 12.6. The molecule has 2 aromatic heterocycles. The number of carbonyl (C=O) groups is 2. The first-order valence-electron chi connectivity index (χ1n) is 7.87. The molecular weight excluding hydrogens is 328 g/mol. The highest BCUT2D eigenvalue weighted by Crippen LogP contribution is 2.24. The fraction of sp³-hybridized carbons (Fsp3) is 0.438. The summed E-state index contributed by atoms with van der Waals surface area (Å²) in [4.78, 5) is 37.8. The molecule has 3 heterocycles. The molecule has 7 nitrogen and oxygen atoms in total. The van der Waals surface area contributed by atoms with E-state index in [-0.39, 0.29) is 18.2 Å². The average molecular weight is 346 g/mol. The number of aliphatic carboxylic acids is 1. The average Bonchev–Trinajstić information content (AvgIpc) is 3.10. The summed E-state index contributed by atoms with van der Waals surface area (Å²) in [6.45, 7) is 1.29. The number of hydrogen-bond acceptors (Lipinski definition) is 6. The Bertz CT molecular complexity index is 719. The van der Waals surface area contributed by atoms with Crippen LogP contribution in [0.1, 0.15) is 36.2 Å². The quantitative estimate of drug-likeness (QED) is 0.892. The SMILES string of the molecule is O=C(O)CCC1CCCN(C(=O)c2csc(-c3ncccn3)n2)C1. The number of carbonyl (C=O) groups excluding carboxylic acids is 1. The van der Waals surface area contributed by atoms with Crippen LogP contribution in [0.25, 0.3) is 10.8 Å². The maximum Gasteiger partial charge on any atom is 0.303 e. The molecule has 126 valence electrons. The van der Waals surface area contributed by atoms with E-state index in [1.807, 2.05) is 0 Å². The molecule has 0 aliphatic carbocycles. The Morgan fingerprint density at radius 2 is 2.12 bits per heavy atom. The molecule has 8 heteroatoms. The van der Waals surface area contributed by atoms with E-state index in [9.17, 15) is 9.59 Å². The van der Waals surface area contributed by atoms with Crippen molar-refractivity contribution in [2.45, 2.75) is 25.7 Å². The smallest absolute Gasteiger partial charge is 0.303 e. The summed E-state index contributed by atoms with van der Waals surface area (Å²) in [5.74, 6) is -0.132. The van der Waals surface area contributed by atoms with Gasteiger partial charge in [-0.15, -0.1) is 11.3 Å². The lowest BCUT2D eigenvalue weighted by Crippen LogP contribution is -2.40. The number of thiazole rings is 1. The summed E-state index contributed by atoms with van der Waals surface area (Å²) >= 11 is 1.35. The van der Waals surface area contributed by atoms with Gasteiger partial charge in [0.25, 0.3) is 5.91 Å². The molecule has 1 N–H and O–H groups in total. The largest absolute Gasteiger partial charge is 0.481 e. The summed E-state index contributed by atoms with van der Waals surface area (Å²) in [5.41, 5.74) is 0.404. The first-order valence-corrected chi connectivity index (χ1v) is 8.75. The molecule has 24 heavy (non-hydrogen) atoms. The molecule has 0 bridgehead atoms. The van der Waals surface area contributed by atoms with Gasteiger partial charge in [0.1, 0.15) is 5.69 Å². The predicted octanol–water partition coefficient (Wildman–Crippen LogP) is 2.32. The topological polar surface area (TPSA) is 96.3 Å². The van der Waals surface area contributed by atoms with Gasteiger partial charge in [0.2, 0.25) is 0 Å². The van der Waals surface area contributed by atoms with Crippen molar-refractivity contribution < 1.29 is 14.7 Å². The Morgan fingerprint density at radius 3 is 2.88 bits per heavy atom. The minimum absolute atomic E-state index is 0.103. The van der Waals surface area contributed by atoms with Crippen LogP contribution in [0.5, 0.6) is 0 Å². The Morgan fingerprint density at radius 1 is 1.33 bits per heavy atom. The number of nitrogens with zero attached hydrogens (tertiary/aromatic N) is 4. The van der Waals surface area contributed by atoms with Crippen LogP contribution in [0.2, 0.25) is 0 Å². The number of piperidine rings is 1. The highest BCUT2D eigenvalue weighted by Gasteiger charge is 2.26. The molecule has 1 atom stereocenters. The van der Waals surface area contributed by atoms with Crippen LogP contribution in [0.3, 0.4) is 0 Å². The van der Waals surface area contributed by atoms with Crippen LogP contribution in [0, 0.1) is 5.92 Å². The Balaban J connectivity index is 1.66. The van der Waals surface area contributed by atoms with Gasteiger partial charge in [-0.1, -0.05) is 0 Å². The van der Waals surface area contributed by atoms with Gasteiger partial charge in [0.05, 0.1) is 0 Å². The van der Waals surface area contributed by atoms with Gasteiger partial charge in [-0.3, -0.25) is 9.59 Å². The number of rotatable bonds is 5. The van der Waals surface area contributed by atoms with E-state index in [2.05, 4.69) is 15.0 Å². The van der Waals surface area contributed by atoms with Crippen molar-refractivity contribution in [3.63, 3.8) is 0 Å². The van der Waals surface area contributed by atoms with Crippen molar-refractivity contribution in [3.8, 4) is 10.8 Å². The predicted molar refractivity (Wildman–Crippen MR) is 88.6 cm³/mol. The second-order valence-electron chi connectivity index (χ2n) is 5.80. The van der Waals surface area contributed by atoms with Crippen LogP contribution in [-0.2, 0) is 4.79 Å². The number of amides is 1. The third kappa shape index (κ3) is 3.94. The lowest BCUT2D eigenvalue weighted by molar-refractivity contribution is -0.137. The van der Waals surface area contributed by atoms with E-state index >= 15 is 0 Å². The second-order valence-corrected chi connectivity index (χ2v) is 6.66. The van der Waals surface area contributed by atoms with Crippen molar-refractivity contribution in [2.24, 2.45) is 5.92 Å². The van der Waals surface area contributed by atoms with E-state index in [1.54, 1.807) is 28.7 Å². The van der Waals surface area contributed by atoms with Gasteiger partial charge in [0.15, 0.2) is 10.8 Å². The van der Waals surface area contributed by atoms with E-state index in [0.717, 1.165) is 12.8 Å². The zero-order chi connectivity index (χ0) is 16.9. The summed E-state index contributed by atoms with van der Waals surface area (Å²) in [6.07, 6.45) is 5.91. The van der Waals surface area contributed by atoms with E-state index in [1.165, 1.54) is 11.3 Å². The van der Waals surface area contributed by atoms with Crippen LogP contribution >= 0.6 is 11.3 Å². The summed E-state index contributed by atoms with van der Waals surface area (Å²) < 4.78 is 0.